The van der Waals surface area contributed by atoms with Crippen LogP contribution in [0.2, 0.25) is 0 Å². The summed E-state index contributed by atoms with van der Waals surface area (Å²) in [7, 11) is 1.62. The lowest BCUT2D eigenvalue weighted by Gasteiger charge is -2.12. The van der Waals surface area contributed by atoms with Crippen molar-refractivity contribution in [2.45, 2.75) is 18.9 Å². The molecule has 0 spiro atoms. The fraction of sp³-hybridized carbons (Fsp3) is 0.500. The number of amides is 1. The zero-order chi connectivity index (χ0) is 13.5. The monoisotopic (exact) mass is 264 g/mol. The number of carbonyl (C=O) groups is 1. The molecule has 0 radical (unpaired) electrons. The van der Waals surface area contributed by atoms with Gasteiger partial charge in [-0.25, -0.2) is 0 Å². The van der Waals surface area contributed by atoms with Crippen molar-refractivity contribution in [3.8, 4) is 5.75 Å². The van der Waals surface area contributed by atoms with Crippen LogP contribution in [0, 0.1) is 0 Å². The second-order valence-corrected chi connectivity index (χ2v) is 4.52. The van der Waals surface area contributed by atoms with Crippen molar-refractivity contribution in [3.63, 3.8) is 0 Å². The first kappa shape index (κ1) is 13.7. The highest BCUT2D eigenvalue weighted by molar-refractivity contribution is 5.80. The van der Waals surface area contributed by atoms with E-state index in [2.05, 4.69) is 10.6 Å². The first-order chi connectivity index (χ1) is 9.28. The van der Waals surface area contributed by atoms with Crippen LogP contribution in [0.25, 0.3) is 0 Å². The van der Waals surface area contributed by atoms with Crippen molar-refractivity contribution in [1.29, 1.82) is 0 Å². The number of methoxy groups -OCH3 is 1. The zero-order valence-corrected chi connectivity index (χ0v) is 11.1. The van der Waals surface area contributed by atoms with Gasteiger partial charge in [-0.1, -0.05) is 6.07 Å². The van der Waals surface area contributed by atoms with Crippen molar-refractivity contribution in [2.75, 3.05) is 32.1 Å². The average molecular weight is 264 g/mol. The predicted molar refractivity (Wildman–Crippen MR) is 73.5 cm³/mol. The summed E-state index contributed by atoms with van der Waals surface area (Å²) in [6.07, 6.45) is 2.30. The smallest absolute Gasteiger partial charge is 0.239 e. The van der Waals surface area contributed by atoms with Gasteiger partial charge in [0.25, 0.3) is 0 Å². The Bertz CT molecular complexity index is 417. The van der Waals surface area contributed by atoms with E-state index in [9.17, 15) is 4.79 Å². The van der Waals surface area contributed by atoms with E-state index in [1.165, 1.54) is 0 Å². The summed E-state index contributed by atoms with van der Waals surface area (Å²) in [5, 5.41) is 5.93. The van der Waals surface area contributed by atoms with Crippen LogP contribution in [-0.4, -0.2) is 38.8 Å². The van der Waals surface area contributed by atoms with Crippen molar-refractivity contribution < 1.29 is 14.3 Å². The number of hydrogen-bond acceptors (Lipinski definition) is 4. The van der Waals surface area contributed by atoms with E-state index in [1.54, 1.807) is 7.11 Å². The lowest BCUT2D eigenvalue weighted by Crippen LogP contribution is -2.35. The van der Waals surface area contributed by atoms with Crippen LogP contribution in [0.15, 0.2) is 24.3 Å². The number of hydrogen-bond donors (Lipinski definition) is 2. The molecule has 1 aromatic rings. The predicted octanol–water partition coefficient (Wildman–Crippen LogP) is 1.40. The fourth-order valence-electron chi connectivity index (χ4n) is 2.01. The van der Waals surface area contributed by atoms with Gasteiger partial charge in [-0.05, 0) is 25.0 Å². The molecular formula is C14H20N2O3. The second kappa shape index (κ2) is 6.99. The molecule has 0 bridgehead atoms. The Morgan fingerprint density at radius 1 is 1.53 bits per heavy atom. The molecule has 1 fully saturated rings. The van der Waals surface area contributed by atoms with Gasteiger partial charge in [0.1, 0.15) is 5.75 Å². The second-order valence-electron chi connectivity index (χ2n) is 4.52. The Kier molecular flexibility index (Phi) is 5.03. The third-order valence-electron chi connectivity index (χ3n) is 3.07. The standard InChI is InChI=1S/C14H20N2O3/c1-18-12-5-2-4-11(8-12)15-10-14(17)16-9-13-6-3-7-19-13/h2,4-5,8,13,15H,3,6-7,9-10H2,1H3,(H,16,17). The lowest BCUT2D eigenvalue weighted by molar-refractivity contribution is -0.119. The number of rotatable bonds is 6. The third kappa shape index (κ3) is 4.44. The molecule has 5 heteroatoms. The summed E-state index contributed by atoms with van der Waals surface area (Å²) < 4.78 is 10.6. The zero-order valence-electron chi connectivity index (χ0n) is 11.1. The minimum absolute atomic E-state index is 0.0293. The first-order valence-corrected chi connectivity index (χ1v) is 6.54. The van der Waals surface area contributed by atoms with Gasteiger partial charge in [0.2, 0.25) is 5.91 Å². The molecule has 2 rings (SSSR count). The molecule has 0 aromatic heterocycles. The molecule has 1 aromatic carbocycles. The third-order valence-corrected chi connectivity index (χ3v) is 3.07. The Hall–Kier alpha value is -1.75. The molecule has 1 amide bonds. The number of ether oxygens (including phenoxy) is 2. The van der Waals surface area contributed by atoms with E-state index in [1.807, 2.05) is 24.3 Å². The van der Waals surface area contributed by atoms with E-state index in [0.717, 1.165) is 30.9 Å². The van der Waals surface area contributed by atoms with Gasteiger partial charge in [0.15, 0.2) is 0 Å². The molecule has 1 aliphatic rings. The van der Waals surface area contributed by atoms with E-state index in [-0.39, 0.29) is 18.6 Å². The van der Waals surface area contributed by atoms with Crippen LogP contribution in [-0.2, 0) is 9.53 Å². The Labute approximate surface area is 113 Å². The van der Waals surface area contributed by atoms with Crippen molar-refractivity contribution in [3.05, 3.63) is 24.3 Å². The molecule has 0 aliphatic carbocycles. The molecule has 1 atom stereocenters. The van der Waals surface area contributed by atoms with Gasteiger partial charge < -0.3 is 20.1 Å². The Morgan fingerprint density at radius 2 is 2.42 bits per heavy atom. The molecule has 19 heavy (non-hydrogen) atoms. The van der Waals surface area contributed by atoms with Crippen LogP contribution in [0.5, 0.6) is 5.75 Å². The van der Waals surface area contributed by atoms with Gasteiger partial charge in [-0.2, -0.15) is 0 Å². The highest BCUT2D eigenvalue weighted by Gasteiger charge is 2.15. The summed E-state index contributed by atoms with van der Waals surface area (Å²) in [5.74, 6) is 0.739. The molecule has 104 valence electrons. The van der Waals surface area contributed by atoms with Crippen LogP contribution in [0.4, 0.5) is 5.69 Å². The highest BCUT2D eigenvalue weighted by Crippen LogP contribution is 2.16. The average Bonchev–Trinajstić information content (AvgIpc) is 2.96. The van der Waals surface area contributed by atoms with Crippen LogP contribution < -0.4 is 15.4 Å². The number of nitrogens with one attached hydrogen (secondary N) is 2. The summed E-state index contributed by atoms with van der Waals surface area (Å²) in [6, 6.07) is 7.50. The fourth-order valence-corrected chi connectivity index (χ4v) is 2.01. The summed E-state index contributed by atoms with van der Waals surface area (Å²) in [6.45, 7) is 1.65. The maximum absolute atomic E-state index is 11.7. The molecular weight excluding hydrogens is 244 g/mol. The highest BCUT2D eigenvalue weighted by atomic mass is 16.5. The molecule has 1 aliphatic heterocycles. The molecule has 2 N–H and O–H groups in total. The Morgan fingerprint density at radius 3 is 3.16 bits per heavy atom. The quantitative estimate of drug-likeness (QED) is 0.815. The number of benzene rings is 1. The van der Waals surface area contributed by atoms with Crippen molar-refractivity contribution >= 4 is 11.6 Å². The van der Waals surface area contributed by atoms with Crippen LogP contribution in [0.3, 0.4) is 0 Å². The minimum atomic E-state index is -0.0293. The largest absolute Gasteiger partial charge is 0.497 e. The van der Waals surface area contributed by atoms with Crippen molar-refractivity contribution in [1.82, 2.24) is 5.32 Å². The van der Waals surface area contributed by atoms with E-state index < -0.39 is 0 Å². The van der Waals surface area contributed by atoms with Crippen LogP contribution in [0.1, 0.15) is 12.8 Å². The topological polar surface area (TPSA) is 59.6 Å². The van der Waals surface area contributed by atoms with E-state index in [4.69, 9.17) is 9.47 Å². The SMILES string of the molecule is COc1cccc(NCC(=O)NCC2CCCO2)c1. The molecule has 1 unspecified atom stereocenters. The molecule has 5 nitrogen and oxygen atoms in total. The van der Waals surface area contributed by atoms with E-state index >= 15 is 0 Å². The van der Waals surface area contributed by atoms with Gasteiger partial charge >= 0.3 is 0 Å². The van der Waals surface area contributed by atoms with Gasteiger partial charge in [-0.3, -0.25) is 4.79 Å². The number of anilines is 1. The van der Waals surface area contributed by atoms with Gasteiger partial charge in [-0.15, -0.1) is 0 Å². The summed E-state index contributed by atoms with van der Waals surface area (Å²) in [5.41, 5.74) is 0.867. The number of carbonyl (C=O) groups excluding carboxylic acids is 1. The normalized spacial score (nSPS) is 18.1. The molecule has 0 saturated carbocycles. The Balaban J connectivity index is 1.70. The van der Waals surface area contributed by atoms with Gasteiger partial charge in [0, 0.05) is 24.9 Å². The molecule has 1 saturated heterocycles. The van der Waals surface area contributed by atoms with Gasteiger partial charge in [0.05, 0.1) is 19.8 Å². The maximum Gasteiger partial charge on any atom is 0.239 e. The summed E-state index contributed by atoms with van der Waals surface area (Å²) in [4.78, 5) is 11.7. The van der Waals surface area contributed by atoms with Crippen molar-refractivity contribution in [2.24, 2.45) is 0 Å². The molecule has 1 heterocycles. The minimum Gasteiger partial charge on any atom is -0.497 e. The summed E-state index contributed by atoms with van der Waals surface area (Å²) >= 11 is 0. The lowest BCUT2D eigenvalue weighted by atomic mass is 10.2. The van der Waals surface area contributed by atoms with Crippen LogP contribution >= 0.6 is 0 Å². The first-order valence-electron chi connectivity index (χ1n) is 6.54. The maximum atomic E-state index is 11.7. The van der Waals surface area contributed by atoms with E-state index in [0.29, 0.717) is 6.54 Å².